The van der Waals surface area contributed by atoms with Crippen LogP contribution in [-0.2, 0) is 9.59 Å². The number of rotatable bonds is 4. The summed E-state index contributed by atoms with van der Waals surface area (Å²) in [5, 5.41) is 19.4. The van der Waals surface area contributed by atoms with Crippen LogP contribution in [-0.4, -0.2) is 32.1 Å². The van der Waals surface area contributed by atoms with Gasteiger partial charge in [0, 0.05) is 12.4 Å². The summed E-state index contributed by atoms with van der Waals surface area (Å²) >= 11 is 0. The van der Waals surface area contributed by atoms with E-state index in [0.29, 0.717) is 5.82 Å². The van der Waals surface area contributed by atoms with Crippen molar-refractivity contribution in [2.24, 2.45) is 0 Å². The van der Waals surface area contributed by atoms with Crippen molar-refractivity contribution >= 4 is 17.8 Å². The SMILES string of the molecule is O=C(O)C(=CNc1ccncn1)C(=O)O. The molecule has 0 saturated carbocycles. The van der Waals surface area contributed by atoms with Gasteiger partial charge in [0.1, 0.15) is 12.1 Å². The molecule has 1 aromatic heterocycles. The lowest BCUT2D eigenvalue weighted by atomic mass is 10.3. The first-order valence-electron chi connectivity index (χ1n) is 3.80. The zero-order valence-corrected chi connectivity index (χ0v) is 7.41. The van der Waals surface area contributed by atoms with E-state index in [1.54, 1.807) is 0 Å². The molecule has 0 radical (unpaired) electrons. The van der Waals surface area contributed by atoms with Crippen molar-refractivity contribution in [3.8, 4) is 0 Å². The van der Waals surface area contributed by atoms with Gasteiger partial charge in [-0.15, -0.1) is 0 Å². The lowest BCUT2D eigenvalue weighted by Crippen LogP contribution is -2.13. The summed E-state index contributed by atoms with van der Waals surface area (Å²) in [5.41, 5.74) is -0.770. The van der Waals surface area contributed by atoms with E-state index >= 15 is 0 Å². The molecule has 0 spiro atoms. The smallest absolute Gasteiger partial charge is 0.344 e. The van der Waals surface area contributed by atoms with Crippen molar-refractivity contribution in [1.29, 1.82) is 0 Å². The third kappa shape index (κ3) is 3.07. The topological polar surface area (TPSA) is 112 Å². The number of aromatic nitrogens is 2. The van der Waals surface area contributed by atoms with E-state index in [9.17, 15) is 9.59 Å². The molecule has 0 aromatic carbocycles. The maximum atomic E-state index is 10.4. The van der Waals surface area contributed by atoms with Gasteiger partial charge in [0.15, 0.2) is 5.57 Å². The monoisotopic (exact) mass is 209 g/mol. The molecule has 0 fully saturated rings. The molecular formula is C8H7N3O4. The van der Waals surface area contributed by atoms with Crippen molar-refractivity contribution in [3.63, 3.8) is 0 Å². The highest BCUT2D eigenvalue weighted by molar-refractivity contribution is 6.12. The van der Waals surface area contributed by atoms with Crippen molar-refractivity contribution in [2.45, 2.75) is 0 Å². The van der Waals surface area contributed by atoms with Gasteiger partial charge in [-0.05, 0) is 6.07 Å². The number of hydrogen-bond acceptors (Lipinski definition) is 5. The average molecular weight is 209 g/mol. The number of hydrogen-bond donors (Lipinski definition) is 3. The summed E-state index contributed by atoms with van der Waals surface area (Å²) in [5.74, 6) is -2.74. The third-order valence-electron chi connectivity index (χ3n) is 1.41. The van der Waals surface area contributed by atoms with Crippen LogP contribution in [0.25, 0.3) is 0 Å². The van der Waals surface area contributed by atoms with E-state index < -0.39 is 17.5 Å². The molecule has 15 heavy (non-hydrogen) atoms. The van der Waals surface area contributed by atoms with Gasteiger partial charge < -0.3 is 15.5 Å². The van der Waals surface area contributed by atoms with Gasteiger partial charge in [0.25, 0.3) is 0 Å². The maximum Gasteiger partial charge on any atom is 0.344 e. The lowest BCUT2D eigenvalue weighted by molar-refractivity contribution is -0.140. The average Bonchev–Trinajstić information content (AvgIpc) is 2.18. The first-order valence-corrected chi connectivity index (χ1v) is 3.80. The largest absolute Gasteiger partial charge is 0.477 e. The van der Waals surface area contributed by atoms with E-state index in [1.807, 2.05) is 0 Å². The molecule has 0 bridgehead atoms. The number of carboxylic acid groups (broad SMARTS) is 2. The highest BCUT2D eigenvalue weighted by Gasteiger charge is 2.15. The van der Waals surface area contributed by atoms with Gasteiger partial charge in [-0.1, -0.05) is 0 Å². The first-order chi connectivity index (χ1) is 7.11. The molecule has 0 aliphatic carbocycles. The van der Waals surface area contributed by atoms with Crippen LogP contribution >= 0.6 is 0 Å². The Hall–Kier alpha value is -2.44. The first kappa shape index (κ1) is 10.6. The van der Waals surface area contributed by atoms with Gasteiger partial charge in [-0.2, -0.15) is 0 Å². The third-order valence-corrected chi connectivity index (χ3v) is 1.41. The van der Waals surface area contributed by atoms with Gasteiger partial charge in [-0.3, -0.25) is 0 Å². The molecule has 1 aromatic rings. The summed E-state index contributed by atoms with van der Waals surface area (Å²) in [6.07, 6.45) is 3.54. The van der Waals surface area contributed by atoms with Gasteiger partial charge in [-0.25, -0.2) is 19.6 Å². The predicted octanol–water partition coefficient (Wildman–Crippen LogP) is -0.0584. The molecule has 0 atom stereocenters. The predicted molar refractivity (Wildman–Crippen MR) is 49.0 cm³/mol. The molecule has 3 N–H and O–H groups in total. The molecule has 1 rings (SSSR count). The highest BCUT2D eigenvalue weighted by Crippen LogP contribution is 2.01. The quantitative estimate of drug-likeness (QED) is 0.361. The minimum absolute atomic E-state index is 0.310. The van der Waals surface area contributed by atoms with Crippen LogP contribution in [0.5, 0.6) is 0 Å². The molecular weight excluding hydrogens is 202 g/mol. The number of carbonyl (C=O) groups is 2. The van der Waals surface area contributed by atoms with Crippen LogP contribution in [0.3, 0.4) is 0 Å². The van der Waals surface area contributed by atoms with Gasteiger partial charge in [0.05, 0.1) is 0 Å². The molecule has 0 aliphatic rings. The zero-order valence-electron chi connectivity index (χ0n) is 7.41. The molecule has 78 valence electrons. The molecule has 7 nitrogen and oxygen atoms in total. The van der Waals surface area contributed by atoms with E-state index in [0.717, 1.165) is 6.20 Å². The highest BCUT2D eigenvalue weighted by atomic mass is 16.4. The Labute approximate surface area is 84.1 Å². The Morgan fingerprint density at radius 3 is 2.47 bits per heavy atom. The Kier molecular flexibility index (Phi) is 3.33. The van der Waals surface area contributed by atoms with Gasteiger partial charge in [0.2, 0.25) is 0 Å². The fourth-order valence-corrected chi connectivity index (χ4v) is 0.737. The molecule has 0 aliphatic heterocycles. The fourth-order valence-electron chi connectivity index (χ4n) is 0.737. The minimum atomic E-state index is -1.52. The Morgan fingerprint density at radius 1 is 1.33 bits per heavy atom. The van der Waals surface area contributed by atoms with Crippen molar-refractivity contribution in [3.05, 3.63) is 30.4 Å². The summed E-state index contributed by atoms with van der Waals surface area (Å²) in [6, 6.07) is 1.47. The number of nitrogens with one attached hydrogen (secondary N) is 1. The van der Waals surface area contributed by atoms with Crippen LogP contribution < -0.4 is 5.32 Å². The van der Waals surface area contributed by atoms with Crippen molar-refractivity contribution < 1.29 is 19.8 Å². The second-order valence-electron chi connectivity index (χ2n) is 2.41. The Bertz CT molecular complexity index is 386. The van der Waals surface area contributed by atoms with Crippen LogP contribution in [0, 0.1) is 0 Å². The molecule has 0 unspecified atom stereocenters. The van der Waals surface area contributed by atoms with E-state index in [1.165, 1.54) is 18.6 Å². The zero-order chi connectivity index (χ0) is 11.3. The summed E-state index contributed by atoms with van der Waals surface area (Å²) < 4.78 is 0. The number of nitrogens with zero attached hydrogens (tertiary/aromatic N) is 2. The van der Waals surface area contributed by atoms with E-state index in [4.69, 9.17) is 10.2 Å². The van der Waals surface area contributed by atoms with Crippen LogP contribution in [0.2, 0.25) is 0 Å². The van der Waals surface area contributed by atoms with E-state index in [2.05, 4.69) is 15.3 Å². The van der Waals surface area contributed by atoms with Gasteiger partial charge >= 0.3 is 11.9 Å². The number of aliphatic carboxylic acids is 2. The van der Waals surface area contributed by atoms with Crippen molar-refractivity contribution in [2.75, 3.05) is 5.32 Å². The summed E-state index contributed by atoms with van der Waals surface area (Å²) in [6.45, 7) is 0. The van der Waals surface area contributed by atoms with Crippen LogP contribution in [0.4, 0.5) is 5.82 Å². The summed E-state index contributed by atoms with van der Waals surface area (Å²) in [7, 11) is 0. The standard InChI is InChI=1S/C8H7N3O4/c12-7(13)5(8(14)15)3-10-6-1-2-9-4-11-6/h1-4H,(H,12,13)(H,14,15)(H,9,10,11). The molecule has 0 amide bonds. The Morgan fingerprint density at radius 2 is 2.00 bits per heavy atom. The second kappa shape index (κ2) is 4.70. The summed E-state index contributed by atoms with van der Waals surface area (Å²) in [4.78, 5) is 28.2. The molecule has 1 heterocycles. The lowest BCUT2D eigenvalue weighted by Gasteiger charge is -1.99. The molecule has 0 saturated heterocycles. The number of carboxylic acids is 2. The fraction of sp³-hybridized carbons (Fsp3) is 0. The van der Waals surface area contributed by atoms with Crippen molar-refractivity contribution in [1.82, 2.24) is 9.97 Å². The maximum absolute atomic E-state index is 10.4. The second-order valence-corrected chi connectivity index (χ2v) is 2.41. The minimum Gasteiger partial charge on any atom is -0.477 e. The van der Waals surface area contributed by atoms with E-state index in [-0.39, 0.29) is 0 Å². The van der Waals surface area contributed by atoms with Crippen LogP contribution in [0.15, 0.2) is 30.4 Å². The normalized spacial score (nSPS) is 9.07. The van der Waals surface area contributed by atoms with Crippen LogP contribution in [0.1, 0.15) is 0 Å². The molecule has 7 heteroatoms. The number of anilines is 1. The Balaban J connectivity index is 2.79.